The number of carbonyl (C=O) groups is 1. The van der Waals surface area contributed by atoms with Crippen molar-refractivity contribution in [3.8, 4) is 0 Å². The average Bonchev–Trinajstić information content (AvgIpc) is 2.89. The molecule has 22 heavy (non-hydrogen) atoms. The van der Waals surface area contributed by atoms with Gasteiger partial charge in [-0.05, 0) is 42.0 Å². The Morgan fingerprint density at radius 1 is 1.14 bits per heavy atom. The first-order chi connectivity index (χ1) is 10.6. The maximum atomic E-state index is 13.0. The van der Waals surface area contributed by atoms with Crippen molar-refractivity contribution in [1.29, 1.82) is 0 Å². The minimum absolute atomic E-state index is 0.222. The number of benzene rings is 2. The van der Waals surface area contributed by atoms with Gasteiger partial charge in [0.25, 0.3) is 5.91 Å². The van der Waals surface area contributed by atoms with E-state index in [2.05, 4.69) is 10.2 Å². The Morgan fingerprint density at radius 2 is 1.82 bits per heavy atom. The average molecular weight is 313 g/mol. The monoisotopic (exact) mass is 313 g/mol. The van der Waals surface area contributed by atoms with Crippen LogP contribution in [0.1, 0.15) is 21.7 Å². The van der Waals surface area contributed by atoms with E-state index < -0.39 is 5.82 Å². The third kappa shape index (κ3) is 2.87. The van der Waals surface area contributed by atoms with Crippen molar-refractivity contribution in [2.24, 2.45) is 0 Å². The van der Waals surface area contributed by atoms with E-state index in [0.717, 1.165) is 5.56 Å². The molecule has 0 aliphatic rings. The summed E-state index contributed by atoms with van der Waals surface area (Å²) in [7, 11) is 0. The standard InChI is InChI=1S/C16H12FN3OS/c17-13-8-6-12(7-9-13)15(21)20-14(18-19-16(20)22)10-11-4-2-1-3-5-11/h1-9H,10H2,(H,19,22). The van der Waals surface area contributed by atoms with Gasteiger partial charge in [-0.15, -0.1) is 0 Å². The van der Waals surface area contributed by atoms with Crippen LogP contribution in [0.3, 0.4) is 0 Å². The lowest BCUT2D eigenvalue weighted by atomic mass is 10.1. The van der Waals surface area contributed by atoms with Crippen molar-refractivity contribution in [2.45, 2.75) is 6.42 Å². The van der Waals surface area contributed by atoms with Gasteiger partial charge in [0.05, 0.1) is 0 Å². The van der Waals surface area contributed by atoms with Gasteiger partial charge in [-0.3, -0.25) is 9.89 Å². The van der Waals surface area contributed by atoms with E-state index in [0.29, 0.717) is 17.8 Å². The van der Waals surface area contributed by atoms with Crippen molar-refractivity contribution in [3.63, 3.8) is 0 Å². The number of hydrogen-bond acceptors (Lipinski definition) is 3. The van der Waals surface area contributed by atoms with Gasteiger partial charge < -0.3 is 0 Å². The molecule has 1 heterocycles. The van der Waals surface area contributed by atoms with E-state index in [4.69, 9.17) is 12.2 Å². The zero-order chi connectivity index (χ0) is 15.5. The highest BCUT2D eigenvalue weighted by Crippen LogP contribution is 2.11. The Bertz CT molecular complexity index is 853. The Morgan fingerprint density at radius 3 is 2.50 bits per heavy atom. The van der Waals surface area contributed by atoms with E-state index >= 15 is 0 Å². The number of rotatable bonds is 3. The number of aromatic amines is 1. The predicted molar refractivity (Wildman–Crippen MR) is 82.8 cm³/mol. The van der Waals surface area contributed by atoms with Crippen molar-refractivity contribution < 1.29 is 9.18 Å². The Hall–Kier alpha value is -2.60. The highest BCUT2D eigenvalue weighted by Gasteiger charge is 2.16. The molecule has 0 radical (unpaired) electrons. The number of carbonyl (C=O) groups excluding carboxylic acids is 1. The Kier molecular flexibility index (Phi) is 3.93. The first kappa shape index (κ1) is 14.3. The Labute approximate surface area is 131 Å². The quantitative estimate of drug-likeness (QED) is 0.754. The van der Waals surface area contributed by atoms with Crippen LogP contribution in [0.15, 0.2) is 54.6 Å². The van der Waals surface area contributed by atoms with Crippen molar-refractivity contribution in [2.75, 3.05) is 0 Å². The lowest BCUT2D eigenvalue weighted by molar-refractivity contribution is 0.0955. The van der Waals surface area contributed by atoms with Crippen LogP contribution in [0.25, 0.3) is 0 Å². The molecular formula is C16H12FN3OS. The lowest BCUT2D eigenvalue weighted by Crippen LogP contribution is -2.16. The van der Waals surface area contributed by atoms with Crippen LogP contribution in [0, 0.1) is 10.6 Å². The molecule has 0 unspecified atom stereocenters. The van der Waals surface area contributed by atoms with Crippen molar-refractivity contribution in [3.05, 3.63) is 82.1 Å². The Balaban J connectivity index is 1.97. The maximum Gasteiger partial charge on any atom is 0.265 e. The van der Waals surface area contributed by atoms with Gasteiger partial charge in [0.1, 0.15) is 11.6 Å². The minimum Gasteiger partial charge on any atom is -0.268 e. The minimum atomic E-state index is -0.392. The van der Waals surface area contributed by atoms with E-state index in [1.165, 1.54) is 28.8 Å². The molecule has 3 rings (SSSR count). The SMILES string of the molecule is O=C(c1ccc(F)cc1)n1c(Cc2ccccc2)n[nH]c1=S. The smallest absolute Gasteiger partial charge is 0.265 e. The first-order valence-corrected chi connectivity index (χ1v) is 7.06. The molecule has 2 aromatic carbocycles. The molecule has 0 amide bonds. The second-order valence-corrected chi connectivity index (χ2v) is 5.14. The van der Waals surface area contributed by atoms with Gasteiger partial charge in [-0.2, -0.15) is 5.10 Å². The summed E-state index contributed by atoms with van der Waals surface area (Å²) < 4.78 is 14.5. The molecular weight excluding hydrogens is 301 g/mol. The largest absolute Gasteiger partial charge is 0.268 e. The number of nitrogens with zero attached hydrogens (tertiary/aromatic N) is 2. The van der Waals surface area contributed by atoms with Crippen molar-refractivity contribution in [1.82, 2.24) is 14.8 Å². The zero-order valence-corrected chi connectivity index (χ0v) is 12.3. The van der Waals surface area contributed by atoms with E-state index in [-0.39, 0.29) is 10.7 Å². The van der Waals surface area contributed by atoms with Crippen LogP contribution in [0.2, 0.25) is 0 Å². The van der Waals surface area contributed by atoms with Crippen LogP contribution in [-0.4, -0.2) is 20.7 Å². The summed E-state index contributed by atoms with van der Waals surface area (Å²) in [4.78, 5) is 12.6. The third-order valence-corrected chi connectivity index (χ3v) is 3.51. The van der Waals surface area contributed by atoms with Gasteiger partial charge in [0.15, 0.2) is 0 Å². The molecule has 0 saturated heterocycles. The topological polar surface area (TPSA) is 50.7 Å². The van der Waals surface area contributed by atoms with E-state index in [1.54, 1.807) is 0 Å². The molecule has 4 nitrogen and oxygen atoms in total. The molecule has 0 bridgehead atoms. The van der Waals surface area contributed by atoms with Gasteiger partial charge in [-0.25, -0.2) is 8.96 Å². The third-order valence-electron chi connectivity index (χ3n) is 3.24. The van der Waals surface area contributed by atoms with Crippen molar-refractivity contribution >= 4 is 18.1 Å². The molecule has 0 saturated carbocycles. The molecule has 0 aliphatic carbocycles. The van der Waals surface area contributed by atoms with Crippen LogP contribution in [0.4, 0.5) is 4.39 Å². The fraction of sp³-hybridized carbons (Fsp3) is 0.0625. The summed E-state index contributed by atoms with van der Waals surface area (Å²) in [5.41, 5.74) is 1.37. The number of H-pyrrole nitrogens is 1. The molecule has 0 atom stereocenters. The van der Waals surface area contributed by atoms with Gasteiger partial charge >= 0.3 is 0 Å². The molecule has 0 spiro atoms. The summed E-state index contributed by atoms with van der Waals surface area (Å²) in [5, 5.41) is 6.77. The second-order valence-electron chi connectivity index (χ2n) is 4.75. The predicted octanol–water partition coefficient (Wildman–Crippen LogP) is 3.36. The van der Waals surface area contributed by atoms with E-state index in [9.17, 15) is 9.18 Å². The molecule has 1 aromatic heterocycles. The number of hydrogen-bond donors (Lipinski definition) is 1. The first-order valence-electron chi connectivity index (χ1n) is 6.65. The van der Waals surface area contributed by atoms with Crippen LogP contribution in [0.5, 0.6) is 0 Å². The number of aromatic nitrogens is 3. The van der Waals surface area contributed by atoms with Crippen LogP contribution >= 0.6 is 12.2 Å². The molecule has 0 aliphatic heterocycles. The highest BCUT2D eigenvalue weighted by molar-refractivity contribution is 7.71. The van der Waals surface area contributed by atoms with Crippen LogP contribution in [-0.2, 0) is 6.42 Å². The van der Waals surface area contributed by atoms with Gasteiger partial charge in [0, 0.05) is 12.0 Å². The fourth-order valence-corrected chi connectivity index (χ4v) is 2.39. The number of halogens is 1. The summed E-state index contributed by atoms with van der Waals surface area (Å²) in [6, 6.07) is 15.0. The molecule has 110 valence electrons. The summed E-state index contributed by atoms with van der Waals surface area (Å²) in [6.07, 6.45) is 0.473. The normalized spacial score (nSPS) is 10.6. The molecule has 3 aromatic rings. The van der Waals surface area contributed by atoms with Gasteiger partial charge in [-0.1, -0.05) is 30.3 Å². The summed E-state index contributed by atoms with van der Waals surface area (Å²) >= 11 is 5.14. The summed E-state index contributed by atoms with van der Waals surface area (Å²) in [5.74, 6) is -0.202. The zero-order valence-electron chi connectivity index (χ0n) is 11.5. The highest BCUT2D eigenvalue weighted by atomic mass is 32.1. The summed E-state index contributed by atoms with van der Waals surface area (Å²) in [6.45, 7) is 0. The van der Waals surface area contributed by atoms with Gasteiger partial charge in [0.2, 0.25) is 4.77 Å². The number of nitrogens with one attached hydrogen (secondary N) is 1. The maximum absolute atomic E-state index is 13.0. The molecule has 1 N–H and O–H groups in total. The van der Waals surface area contributed by atoms with E-state index in [1.807, 2.05) is 30.3 Å². The second kappa shape index (κ2) is 6.03. The van der Waals surface area contributed by atoms with Crippen LogP contribution < -0.4 is 0 Å². The lowest BCUT2D eigenvalue weighted by Gasteiger charge is -2.06. The molecule has 0 fully saturated rings. The fourth-order valence-electron chi connectivity index (χ4n) is 2.16. The molecule has 6 heteroatoms.